The molecule has 3 heteroatoms. The Bertz CT molecular complexity index is 721. The smallest absolute Gasteiger partial charge is 0.118 e. The van der Waals surface area contributed by atoms with Crippen molar-refractivity contribution in [3.8, 4) is 0 Å². The third-order valence-corrected chi connectivity index (χ3v) is 4.90. The van der Waals surface area contributed by atoms with Crippen molar-refractivity contribution in [1.82, 2.24) is 4.98 Å². The standard InChI is InChI=1S/C17H15NS2/c1-12-7-9-13(10-8-12)16(19-2)11-17-18-14-5-3-4-6-15(14)20-17/h3-11H,1-2H3/b16-11+. The highest BCUT2D eigenvalue weighted by Crippen LogP contribution is 2.30. The molecule has 3 rings (SSSR count). The highest BCUT2D eigenvalue weighted by atomic mass is 32.2. The molecule has 0 radical (unpaired) electrons. The van der Waals surface area contributed by atoms with Gasteiger partial charge in [-0.1, -0.05) is 42.0 Å². The second-order valence-corrected chi connectivity index (χ2v) is 6.51. The van der Waals surface area contributed by atoms with E-state index in [0.717, 1.165) is 10.5 Å². The summed E-state index contributed by atoms with van der Waals surface area (Å²) in [6.07, 6.45) is 4.29. The van der Waals surface area contributed by atoms with Crippen molar-refractivity contribution in [3.05, 3.63) is 64.7 Å². The van der Waals surface area contributed by atoms with Gasteiger partial charge in [0.2, 0.25) is 0 Å². The maximum Gasteiger partial charge on any atom is 0.118 e. The molecule has 2 aromatic carbocycles. The number of benzene rings is 2. The maximum absolute atomic E-state index is 4.67. The number of aryl methyl sites for hydroxylation is 1. The topological polar surface area (TPSA) is 12.9 Å². The molecular weight excluding hydrogens is 282 g/mol. The number of rotatable bonds is 3. The minimum Gasteiger partial charge on any atom is -0.237 e. The molecule has 1 aromatic heterocycles. The fraction of sp³-hybridized carbons (Fsp3) is 0.118. The van der Waals surface area contributed by atoms with Crippen LogP contribution < -0.4 is 0 Å². The first-order valence-corrected chi connectivity index (χ1v) is 8.49. The molecule has 1 heterocycles. The van der Waals surface area contributed by atoms with Crippen LogP contribution in [0.25, 0.3) is 21.2 Å². The second-order valence-electron chi connectivity index (χ2n) is 4.60. The molecular formula is C17H15NS2. The van der Waals surface area contributed by atoms with Crippen LogP contribution in [-0.4, -0.2) is 11.2 Å². The van der Waals surface area contributed by atoms with E-state index >= 15 is 0 Å². The summed E-state index contributed by atoms with van der Waals surface area (Å²) >= 11 is 3.50. The van der Waals surface area contributed by atoms with Crippen LogP contribution in [0.2, 0.25) is 0 Å². The lowest BCUT2D eigenvalue weighted by atomic mass is 10.1. The van der Waals surface area contributed by atoms with Crippen LogP contribution in [0.3, 0.4) is 0 Å². The van der Waals surface area contributed by atoms with E-state index in [9.17, 15) is 0 Å². The van der Waals surface area contributed by atoms with Gasteiger partial charge in [0.05, 0.1) is 10.2 Å². The van der Waals surface area contributed by atoms with Gasteiger partial charge in [-0.3, -0.25) is 0 Å². The number of aromatic nitrogens is 1. The summed E-state index contributed by atoms with van der Waals surface area (Å²) in [5.41, 5.74) is 3.62. The van der Waals surface area contributed by atoms with E-state index in [2.05, 4.69) is 66.7 Å². The summed E-state index contributed by atoms with van der Waals surface area (Å²) in [6.45, 7) is 2.11. The minimum atomic E-state index is 1.07. The number of hydrogen-bond donors (Lipinski definition) is 0. The highest BCUT2D eigenvalue weighted by molar-refractivity contribution is 8.07. The third kappa shape index (κ3) is 2.79. The first-order valence-electron chi connectivity index (χ1n) is 6.44. The molecule has 0 fully saturated rings. The van der Waals surface area contributed by atoms with Crippen LogP contribution >= 0.6 is 23.1 Å². The summed E-state index contributed by atoms with van der Waals surface area (Å²) in [6, 6.07) is 16.9. The molecule has 0 atom stereocenters. The van der Waals surface area contributed by atoms with Crippen molar-refractivity contribution in [2.24, 2.45) is 0 Å². The molecule has 100 valence electrons. The zero-order chi connectivity index (χ0) is 13.9. The largest absolute Gasteiger partial charge is 0.237 e. The number of fused-ring (bicyclic) bond motifs is 1. The third-order valence-electron chi connectivity index (χ3n) is 3.12. The van der Waals surface area contributed by atoms with Crippen LogP contribution in [0.15, 0.2) is 48.5 Å². The minimum absolute atomic E-state index is 1.07. The SMILES string of the molecule is CS/C(=C/c1nc2ccccc2s1)c1ccc(C)cc1. The molecule has 0 bridgehead atoms. The van der Waals surface area contributed by atoms with Gasteiger partial charge in [0.25, 0.3) is 0 Å². The zero-order valence-electron chi connectivity index (χ0n) is 11.5. The predicted molar refractivity (Wildman–Crippen MR) is 92.2 cm³/mol. The van der Waals surface area contributed by atoms with Crippen LogP contribution in [0, 0.1) is 6.92 Å². The average molecular weight is 297 g/mol. The molecule has 0 amide bonds. The zero-order valence-corrected chi connectivity index (χ0v) is 13.1. The van der Waals surface area contributed by atoms with Gasteiger partial charge in [-0.25, -0.2) is 4.98 Å². The number of thioether (sulfide) groups is 1. The van der Waals surface area contributed by atoms with E-state index in [-0.39, 0.29) is 0 Å². The summed E-state index contributed by atoms with van der Waals surface area (Å²) in [4.78, 5) is 5.93. The maximum atomic E-state index is 4.67. The summed E-state index contributed by atoms with van der Waals surface area (Å²) < 4.78 is 1.24. The lowest BCUT2D eigenvalue weighted by molar-refractivity contribution is 1.45. The lowest BCUT2D eigenvalue weighted by Crippen LogP contribution is -1.81. The molecule has 1 nitrogen and oxygen atoms in total. The predicted octanol–water partition coefficient (Wildman–Crippen LogP) is 5.47. The molecule has 0 saturated heterocycles. The molecule has 20 heavy (non-hydrogen) atoms. The first kappa shape index (κ1) is 13.4. The van der Waals surface area contributed by atoms with Crippen LogP contribution in [0.4, 0.5) is 0 Å². The number of thiazole rings is 1. The normalized spacial score (nSPS) is 12.0. The number of para-hydroxylation sites is 1. The van der Waals surface area contributed by atoms with Crippen molar-refractivity contribution in [3.63, 3.8) is 0 Å². The Hall–Kier alpha value is -1.58. The van der Waals surface area contributed by atoms with E-state index in [1.54, 1.807) is 23.1 Å². The van der Waals surface area contributed by atoms with Crippen LogP contribution in [-0.2, 0) is 0 Å². The fourth-order valence-corrected chi connectivity index (χ4v) is 3.63. The monoisotopic (exact) mass is 297 g/mol. The molecule has 0 spiro atoms. The van der Waals surface area contributed by atoms with Gasteiger partial charge < -0.3 is 0 Å². The van der Waals surface area contributed by atoms with Crippen molar-refractivity contribution >= 4 is 44.3 Å². The Labute approximate surface area is 127 Å². The Morgan fingerprint density at radius 2 is 1.85 bits per heavy atom. The summed E-state index contributed by atoms with van der Waals surface area (Å²) in [5, 5.41) is 1.07. The lowest BCUT2D eigenvalue weighted by Gasteiger charge is -2.04. The van der Waals surface area contributed by atoms with E-state index in [0.29, 0.717) is 0 Å². The van der Waals surface area contributed by atoms with Gasteiger partial charge in [-0.2, -0.15) is 0 Å². The van der Waals surface area contributed by atoms with Gasteiger partial charge in [0.15, 0.2) is 0 Å². The molecule has 0 aliphatic carbocycles. The van der Waals surface area contributed by atoms with Gasteiger partial charge >= 0.3 is 0 Å². The Morgan fingerprint density at radius 3 is 2.55 bits per heavy atom. The highest BCUT2D eigenvalue weighted by Gasteiger charge is 2.04. The van der Waals surface area contributed by atoms with Gasteiger partial charge in [0.1, 0.15) is 5.01 Å². The summed E-state index contributed by atoms with van der Waals surface area (Å²) in [7, 11) is 0. The molecule has 0 unspecified atom stereocenters. The molecule has 0 aliphatic heterocycles. The number of nitrogens with zero attached hydrogens (tertiary/aromatic N) is 1. The van der Waals surface area contributed by atoms with Gasteiger partial charge in [-0.05, 0) is 37.0 Å². The first-order chi connectivity index (χ1) is 9.76. The van der Waals surface area contributed by atoms with Crippen molar-refractivity contribution in [2.45, 2.75) is 6.92 Å². The second kappa shape index (κ2) is 5.81. The van der Waals surface area contributed by atoms with Gasteiger partial charge in [-0.15, -0.1) is 23.1 Å². The number of hydrogen-bond acceptors (Lipinski definition) is 3. The summed E-state index contributed by atoms with van der Waals surface area (Å²) in [5.74, 6) is 0. The molecule has 0 saturated carbocycles. The van der Waals surface area contributed by atoms with Crippen LogP contribution in [0.5, 0.6) is 0 Å². The van der Waals surface area contributed by atoms with Crippen LogP contribution in [0.1, 0.15) is 16.1 Å². The van der Waals surface area contributed by atoms with E-state index < -0.39 is 0 Å². The fourth-order valence-electron chi connectivity index (χ4n) is 2.04. The Morgan fingerprint density at radius 1 is 1.10 bits per heavy atom. The van der Waals surface area contributed by atoms with E-state index in [1.807, 2.05) is 6.07 Å². The van der Waals surface area contributed by atoms with Crippen molar-refractivity contribution in [2.75, 3.05) is 6.26 Å². The molecule has 3 aromatic rings. The van der Waals surface area contributed by atoms with E-state index in [4.69, 9.17) is 0 Å². The van der Waals surface area contributed by atoms with Crippen molar-refractivity contribution in [1.29, 1.82) is 0 Å². The van der Waals surface area contributed by atoms with Crippen molar-refractivity contribution < 1.29 is 0 Å². The Balaban J connectivity index is 2.01. The molecule has 0 aliphatic rings. The van der Waals surface area contributed by atoms with E-state index in [1.165, 1.54) is 20.7 Å². The molecule has 0 N–H and O–H groups in total. The van der Waals surface area contributed by atoms with Gasteiger partial charge in [0, 0.05) is 4.91 Å². The quantitative estimate of drug-likeness (QED) is 0.636. The Kier molecular flexibility index (Phi) is 3.90. The average Bonchev–Trinajstić information content (AvgIpc) is 2.88.